The monoisotopic (exact) mass is 285 g/mol. The second-order valence-electron chi connectivity index (χ2n) is 4.23. The van der Waals surface area contributed by atoms with Crippen LogP contribution in [-0.2, 0) is 14.6 Å². The van der Waals surface area contributed by atoms with Crippen LogP contribution in [0.5, 0.6) is 0 Å². The van der Waals surface area contributed by atoms with Crippen LogP contribution in [0, 0.1) is 6.92 Å². The van der Waals surface area contributed by atoms with Crippen LogP contribution in [0.1, 0.15) is 22.3 Å². The van der Waals surface area contributed by atoms with Crippen LogP contribution < -0.4 is 5.32 Å². The first kappa shape index (κ1) is 15.2. The van der Waals surface area contributed by atoms with Crippen molar-refractivity contribution < 1.29 is 23.1 Å². The average Bonchev–Trinajstić information content (AvgIpc) is 2.28. The highest BCUT2D eigenvalue weighted by atomic mass is 32.2. The predicted molar refractivity (Wildman–Crippen MR) is 71.1 cm³/mol. The molecule has 0 spiro atoms. The molecule has 0 aliphatic heterocycles. The minimum absolute atomic E-state index is 0.0206. The molecule has 0 bridgehead atoms. The van der Waals surface area contributed by atoms with Gasteiger partial charge in [-0.1, -0.05) is 12.1 Å². The Bertz CT molecular complexity index is 607. The summed E-state index contributed by atoms with van der Waals surface area (Å²) in [7, 11) is -3.23. The van der Waals surface area contributed by atoms with Gasteiger partial charge in [-0.15, -0.1) is 0 Å². The van der Waals surface area contributed by atoms with E-state index in [1.807, 2.05) is 0 Å². The molecule has 0 aliphatic rings. The van der Waals surface area contributed by atoms with Crippen LogP contribution in [0.4, 0.5) is 5.69 Å². The zero-order valence-corrected chi connectivity index (χ0v) is 11.5. The first-order valence-corrected chi connectivity index (χ1v) is 7.57. The molecule has 0 aliphatic carbocycles. The van der Waals surface area contributed by atoms with Crippen molar-refractivity contribution in [3.8, 4) is 0 Å². The molecule has 1 aromatic carbocycles. The number of benzene rings is 1. The fourth-order valence-electron chi connectivity index (χ4n) is 1.49. The third-order valence-corrected chi connectivity index (χ3v) is 3.41. The Morgan fingerprint density at radius 3 is 2.47 bits per heavy atom. The highest BCUT2D eigenvalue weighted by molar-refractivity contribution is 7.90. The van der Waals surface area contributed by atoms with Crippen LogP contribution in [0.3, 0.4) is 0 Å². The molecule has 2 N–H and O–H groups in total. The summed E-state index contributed by atoms with van der Waals surface area (Å²) in [5.74, 6) is -1.95. The molecule has 1 amide bonds. The number of amides is 1. The minimum Gasteiger partial charge on any atom is -0.478 e. The SMILES string of the molecule is Cc1cccc(C(=O)O)c1NC(=O)CCS(C)(=O)=O. The van der Waals surface area contributed by atoms with Crippen LogP contribution in [0.15, 0.2) is 18.2 Å². The maximum Gasteiger partial charge on any atom is 0.337 e. The van der Waals surface area contributed by atoms with E-state index >= 15 is 0 Å². The zero-order chi connectivity index (χ0) is 14.6. The lowest BCUT2D eigenvalue weighted by molar-refractivity contribution is -0.115. The van der Waals surface area contributed by atoms with Crippen molar-refractivity contribution in [2.45, 2.75) is 13.3 Å². The second kappa shape index (κ2) is 5.83. The van der Waals surface area contributed by atoms with Gasteiger partial charge in [0.25, 0.3) is 0 Å². The Morgan fingerprint density at radius 2 is 1.95 bits per heavy atom. The molecule has 0 atom stereocenters. The molecule has 0 saturated carbocycles. The van der Waals surface area contributed by atoms with E-state index in [0.29, 0.717) is 5.56 Å². The van der Waals surface area contributed by atoms with Gasteiger partial charge in [-0.3, -0.25) is 4.79 Å². The lowest BCUT2D eigenvalue weighted by atomic mass is 10.1. The standard InChI is InChI=1S/C12H15NO5S/c1-8-4-3-5-9(12(15)16)11(8)13-10(14)6-7-19(2,17)18/h3-5H,6-7H2,1-2H3,(H,13,14)(H,15,16). The molecule has 0 radical (unpaired) electrons. The first-order chi connectivity index (χ1) is 8.70. The molecule has 0 heterocycles. The molecule has 1 rings (SSSR count). The Hall–Kier alpha value is -1.89. The lowest BCUT2D eigenvalue weighted by Crippen LogP contribution is -2.19. The average molecular weight is 285 g/mol. The maximum atomic E-state index is 11.6. The lowest BCUT2D eigenvalue weighted by Gasteiger charge is -2.11. The molecular formula is C12H15NO5S. The summed E-state index contributed by atoms with van der Waals surface area (Å²) >= 11 is 0. The van der Waals surface area contributed by atoms with Crippen molar-refractivity contribution in [1.82, 2.24) is 0 Å². The third kappa shape index (κ3) is 4.70. The third-order valence-electron chi connectivity index (χ3n) is 2.47. The van der Waals surface area contributed by atoms with Crippen molar-refractivity contribution in [1.29, 1.82) is 0 Å². The summed E-state index contributed by atoms with van der Waals surface area (Å²) in [6, 6.07) is 4.62. The van der Waals surface area contributed by atoms with Gasteiger partial charge in [0.2, 0.25) is 5.91 Å². The number of anilines is 1. The molecule has 7 heteroatoms. The summed E-state index contributed by atoms with van der Waals surface area (Å²) in [5.41, 5.74) is 0.786. The van der Waals surface area contributed by atoms with E-state index in [-0.39, 0.29) is 23.4 Å². The van der Waals surface area contributed by atoms with Gasteiger partial charge in [0.05, 0.1) is 17.0 Å². The van der Waals surface area contributed by atoms with Gasteiger partial charge in [-0.25, -0.2) is 13.2 Å². The Morgan fingerprint density at radius 1 is 1.32 bits per heavy atom. The van der Waals surface area contributed by atoms with Crippen molar-refractivity contribution in [3.05, 3.63) is 29.3 Å². The van der Waals surface area contributed by atoms with E-state index in [0.717, 1.165) is 6.26 Å². The molecular weight excluding hydrogens is 270 g/mol. The second-order valence-corrected chi connectivity index (χ2v) is 6.49. The van der Waals surface area contributed by atoms with Crippen LogP contribution in [-0.4, -0.2) is 37.4 Å². The first-order valence-electron chi connectivity index (χ1n) is 5.51. The van der Waals surface area contributed by atoms with Gasteiger partial charge in [0.1, 0.15) is 9.84 Å². The smallest absolute Gasteiger partial charge is 0.337 e. The number of carbonyl (C=O) groups is 2. The molecule has 1 aromatic rings. The van der Waals surface area contributed by atoms with E-state index < -0.39 is 21.7 Å². The molecule has 0 unspecified atom stereocenters. The summed E-state index contributed by atoms with van der Waals surface area (Å²) in [6.07, 6.45) is 0.836. The largest absolute Gasteiger partial charge is 0.478 e. The summed E-state index contributed by atoms with van der Waals surface area (Å²) < 4.78 is 21.9. The molecule has 19 heavy (non-hydrogen) atoms. The quantitative estimate of drug-likeness (QED) is 0.842. The van der Waals surface area contributed by atoms with Gasteiger partial charge in [-0.2, -0.15) is 0 Å². The minimum atomic E-state index is -3.23. The molecule has 6 nitrogen and oxygen atoms in total. The molecule has 0 aromatic heterocycles. The van der Waals surface area contributed by atoms with E-state index in [2.05, 4.69) is 5.32 Å². The number of aromatic carboxylic acids is 1. The van der Waals surface area contributed by atoms with Crippen LogP contribution in [0.2, 0.25) is 0 Å². The summed E-state index contributed by atoms with van der Waals surface area (Å²) in [4.78, 5) is 22.6. The number of hydrogen-bond donors (Lipinski definition) is 2. The van der Waals surface area contributed by atoms with Gasteiger partial charge >= 0.3 is 5.97 Å². The van der Waals surface area contributed by atoms with E-state index in [9.17, 15) is 18.0 Å². The molecule has 104 valence electrons. The number of aryl methyl sites for hydroxylation is 1. The van der Waals surface area contributed by atoms with E-state index in [1.54, 1.807) is 19.1 Å². The number of carbonyl (C=O) groups excluding carboxylic acids is 1. The van der Waals surface area contributed by atoms with Crippen molar-refractivity contribution in [2.75, 3.05) is 17.3 Å². The number of para-hydroxylation sites is 1. The van der Waals surface area contributed by atoms with Crippen molar-refractivity contribution in [2.24, 2.45) is 0 Å². The number of sulfone groups is 1. The number of nitrogens with one attached hydrogen (secondary N) is 1. The summed E-state index contributed by atoms with van der Waals surface area (Å²) in [5, 5.41) is 11.5. The Balaban J connectivity index is 2.88. The fourth-order valence-corrected chi connectivity index (χ4v) is 2.05. The topological polar surface area (TPSA) is 101 Å². The Labute approximate surface area is 111 Å². The zero-order valence-electron chi connectivity index (χ0n) is 10.6. The van der Waals surface area contributed by atoms with Crippen molar-refractivity contribution in [3.63, 3.8) is 0 Å². The van der Waals surface area contributed by atoms with Gasteiger partial charge in [-0.05, 0) is 18.6 Å². The van der Waals surface area contributed by atoms with Gasteiger partial charge in [0, 0.05) is 12.7 Å². The Kier molecular flexibility index (Phi) is 4.66. The van der Waals surface area contributed by atoms with E-state index in [1.165, 1.54) is 6.07 Å². The van der Waals surface area contributed by atoms with Crippen molar-refractivity contribution >= 4 is 27.4 Å². The van der Waals surface area contributed by atoms with E-state index in [4.69, 9.17) is 5.11 Å². The molecule has 0 saturated heterocycles. The van der Waals surface area contributed by atoms with Gasteiger partial charge < -0.3 is 10.4 Å². The highest BCUT2D eigenvalue weighted by Gasteiger charge is 2.15. The maximum absolute atomic E-state index is 11.6. The van der Waals surface area contributed by atoms with Crippen LogP contribution >= 0.6 is 0 Å². The predicted octanol–water partition coefficient (Wildman–Crippen LogP) is 1.07. The number of carboxylic acids is 1. The number of hydrogen-bond acceptors (Lipinski definition) is 4. The highest BCUT2D eigenvalue weighted by Crippen LogP contribution is 2.20. The fraction of sp³-hybridized carbons (Fsp3) is 0.333. The number of carboxylic acid groups (broad SMARTS) is 1. The summed E-state index contributed by atoms with van der Waals surface area (Å²) in [6.45, 7) is 1.67. The van der Waals surface area contributed by atoms with Gasteiger partial charge in [0.15, 0.2) is 0 Å². The van der Waals surface area contributed by atoms with Crippen LogP contribution in [0.25, 0.3) is 0 Å². The molecule has 0 fully saturated rings. The normalized spacial score (nSPS) is 11.1. The number of rotatable bonds is 5.